The van der Waals surface area contributed by atoms with Crippen LogP contribution in [0.25, 0.3) is 0 Å². The highest BCUT2D eigenvalue weighted by Gasteiger charge is 2.51. The molecule has 0 aliphatic heterocycles. The Morgan fingerprint density at radius 3 is 2.36 bits per heavy atom. The molecule has 2 saturated carbocycles. The monoisotopic (exact) mass is 153 g/mol. The maximum Gasteiger partial charge on any atom is 0.143 e. The van der Waals surface area contributed by atoms with Gasteiger partial charge in [0, 0.05) is 17.9 Å². The van der Waals surface area contributed by atoms with Gasteiger partial charge >= 0.3 is 0 Å². The van der Waals surface area contributed by atoms with Gasteiger partial charge in [-0.05, 0) is 25.7 Å². The molecule has 0 aromatic carbocycles. The Morgan fingerprint density at radius 1 is 1.45 bits per heavy atom. The van der Waals surface area contributed by atoms with E-state index in [1.54, 1.807) is 0 Å². The third-order valence-corrected chi connectivity index (χ3v) is 3.24. The maximum atomic E-state index is 11.7. The molecule has 0 bridgehead atoms. The smallest absolute Gasteiger partial charge is 0.143 e. The van der Waals surface area contributed by atoms with Crippen molar-refractivity contribution >= 4 is 5.78 Å². The summed E-state index contributed by atoms with van der Waals surface area (Å²) in [6.45, 7) is 0.586. The van der Waals surface area contributed by atoms with E-state index >= 15 is 0 Å². The van der Waals surface area contributed by atoms with E-state index in [1.165, 1.54) is 6.42 Å². The lowest BCUT2D eigenvalue weighted by Crippen LogP contribution is -2.34. The van der Waals surface area contributed by atoms with E-state index in [2.05, 4.69) is 0 Å². The molecule has 0 radical (unpaired) electrons. The number of ketones is 1. The molecule has 11 heavy (non-hydrogen) atoms. The van der Waals surface area contributed by atoms with Gasteiger partial charge in [0.2, 0.25) is 0 Å². The van der Waals surface area contributed by atoms with Gasteiger partial charge in [0.05, 0.1) is 0 Å². The fourth-order valence-electron chi connectivity index (χ4n) is 1.81. The van der Waals surface area contributed by atoms with Crippen molar-refractivity contribution in [2.45, 2.75) is 32.1 Å². The van der Waals surface area contributed by atoms with Gasteiger partial charge in [0.25, 0.3) is 0 Å². The molecule has 2 aliphatic rings. The molecule has 0 amide bonds. The first-order chi connectivity index (χ1) is 5.28. The van der Waals surface area contributed by atoms with Gasteiger partial charge in [-0.15, -0.1) is 0 Å². The van der Waals surface area contributed by atoms with Gasteiger partial charge in [-0.2, -0.15) is 0 Å². The zero-order valence-corrected chi connectivity index (χ0v) is 6.81. The number of hydrogen-bond donors (Lipinski definition) is 1. The van der Waals surface area contributed by atoms with Gasteiger partial charge in [-0.25, -0.2) is 0 Å². The number of rotatable bonds is 3. The van der Waals surface area contributed by atoms with Gasteiger partial charge in [-0.1, -0.05) is 6.42 Å². The molecule has 0 aromatic rings. The molecule has 2 nitrogen and oxygen atoms in total. The molecular weight excluding hydrogens is 138 g/mol. The SMILES string of the molecule is NCC1(C(=O)C2CCC2)CC1. The van der Waals surface area contributed by atoms with Crippen LogP contribution in [-0.4, -0.2) is 12.3 Å². The number of hydrogen-bond acceptors (Lipinski definition) is 2. The Balaban J connectivity index is 1.98. The average molecular weight is 153 g/mol. The van der Waals surface area contributed by atoms with Crippen molar-refractivity contribution in [3.63, 3.8) is 0 Å². The zero-order chi connectivity index (χ0) is 7.90. The largest absolute Gasteiger partial charge is 0.329 e. The van der Waals surface area contributed by atoms with E-state index in [-0.39, 0.29) is 5.41 Å². The summed E-state index contributed by atoms with van der Waals surface area (Å²) in [6.07, 6.45) is 5.61. The number of carbonyl (C=O) groups excluding carboxylic acids is 1. The highest BCUT2D eigenvalue weighted by molar-refractivity contribution is 5.90. The van der Waals surface area contributed by atoms with Crippen molar-refractivity contribution < 1.29 is 4.79 Å². The third kappa shape index (κ3) is 1.00. The second kappa shape index (κ2) is 2.31. The van der Waals surface area contributed by atoms with Crippen LogP contribution in [0, 0.1) is 11.3 Å². The van der Waals surface area contributed by atoms with E-state index in [1.807, 2.05) is 0 Å². The van der Waals surface area contributed by atoms with Crippen LogP contribution in [0.15, 0.2) is 0 Å². The van der Waals surface area contributed by atoms with Crippen LogP contribution in [0.5, 0.6) is 0 Å². The van der Waals surface area contributed by atoms with Crippen molar-refractivity contribution in [2.24, 2.45) is 17.1 Å². The predicted molar refractivity (Wildman–Crippen MR) is 43.1 cm³/mol. The topological polar surface area (TPSA) is 43.1 Å². The van der Waals surface area contributed by atoms with Gasteiger partial charge in [-0.3, -0.25) is 4.79 Å². The minimum Gasteiger partial charge on any atom is -0.329 e. The molecule has 2 N–H and O–H groups in total. The Labute approximate surface area is 67.1 Å². The first-order valence-corrected chi connectivity index (χ1v) is 4.53. The molecule has 0 atom stereocenters. The van der Waals surface area contributed by atoms with Crippen LogP contribution >= 0.6 is 0 Å². The van der Waals surface area contributed by atoms with E-state index in [0.29, 0.717) is 18.2 Å². The van der Waals surface area contributed by atoms with Crippen molar-refractivity contribution in [3.05, 3.63) is 0 Å². The van der Waals surface area contributed by atoms with Crippen LogP contribution < -0.4 is 5.73 Å². The molecule has 62 valence electrons. The second-order valence-electron chi connectivity index (χ2n) is 3.98. The standard InChI is InChI=1S/C9H15NO/c10-6-9(4-5-9)8(11)7-2-1-3-7/h7H,1-6,10H2. The molecule has 0 saturated heterocycles. The first-order valence-electron chi connectivity index (χ1n) is 4.53. The number of nitrogens with two attached hydrogens (primary N) is 1. The maximum absolute atomic E-state index is 11.7. The lowest BCUT2D eigenvalue weighted by Gasteiger charge is -2.27. The van der Waals surface area contributed by atoms with Gasteiger partial charge in [0.1, 0.15) is 5.78 Å². The van der Waals surface area contributed by atoms with Crippen molar-refractivity contribution in [2.75, 3.05) is 6.54 Å². The average Bonchev–Trinajstić information content (AvgIpc) is 2.63. The minimum atomic E-state index is -0.0366. The predicted octanol–water partition coefficient (Wildman–Crippen LogP) is 1.09. The Bertz CT molecular complexity index is 180. The number of Topliss-reactive ketones (excluding diaryl/α,β-unsaturated/α-hetero) is 1. The van der Waals surface area contributed by atoms with Gasteiger partial charge in [0.15, 0.2) is 0 Å². The first kappa shape index (κ1) is 7.29. The quantitative estimate of drug-likeness (QED) is 0.659. The molecule has 0 unspecified atom stereocenters. The van der Waals surface area contributed by atoms with Crippen LogP contribution in [0.1, 0.15) is 32.1 Å². The molecule has 2 rings (SSSR count). The summed E-state index contributed by atoms with van der Waals surface area (Å²) in [5.74, 6) is 0.868. The highest BCUT2D eigenvalue weighted by atomic mass is 16.1. The Morgan fingerprint density at radius 2 is 2.09 bits per heavy atom. The fraction of sp³-hybridized carbons (Fsp3) is 0.889. The molecule has 2 aliphatic carbocycles. The summed E-state index contributed by atoms with van der Waals surface area (Å²) in [7, 11) is 0. The summed E-state index contributed by atoms with van der Waals surface area (Å²) in [5, 5.41) is 0. The lowest BCUT2D eigenvalue weighted by atomic mass is 9.76. The summed E-state index contributed by atoms with van der Waals surface area (Å²) >= 11 is 0. The van der Waals surface area contributed by atoms with Crippen LogP contribution in [0.3, 0.4) is 0 Å². The molecule has 2 heteroatoms. The van der Waals surface area contributed by atoms with E-state index in [0.717, 1.165) is 25.7 Å². The van der Waals surface area contributed by atoms with E-state index in [4.69, 9.17) is 5.73 Å². The van der Waals surface area contributed by atoms with Crippen molar-refractivity contribution in [3.8, 4) is 0 Å². The van der Waals surface area contributed by atoms with Crippen LogP contribution in [0.2, 0.25) is 0 Å². The molecule has 2 fully saturated rings. The molecule has 0 aromatic heterocycles. The van der Waals surface area contributed by atoms with Crippen LogP contribution in [0.4, 0.5) is 0 Å². The normalized spacial score (nSPS) is 27.7. The molecular formula is C9H15NO. The van der Waals surface area contributed by atoms with E-state index in [9.17, 15) is 4.79 Å². The molecule has 0 spiro atoms. The van der Waals surface area contributed by atoms with Crippen molar-refractivity contribution in [1.29, 1.82) is 0 Å². The van der Waals surface area contributed by atoms with Crippen molar-refractivity contribution in [1.82, 2.24) is 0 Å². The number of carbonyl (C=O) groups is 1. The third-order valence-electron chi connectivity index (χ3n) is 3.24. The summed E-state index contributed by atoms with van der Waals surface area (Å²) in [4.78, 5) is 11.7. The summed E-state index contributed by atoms with van der Waals surface area (Å²) in [5.41, 5.74) is 5.53. The highest BCUT2D eigenvalue weighted by Crippen LogP contribution is 2.49. The Kier molecular flexibility index (Phi) is 1.53. The van der Waals surface area contributed by atoms with Gasteiger partial charge < -0.3 is 5.73 Å². The molecule has 0 heterocycles. The lowest BCUT2D eigenvalue weighted by molar-refractivity contribution is -0.130. The summed E-state index contributed by atoms with van der Waals surface area (Å²) < 4.78 is 0. The zero-order valence-electron chi connectivity index (χ0n) is 6.81. The Hall–Kier alpha value is -0.370. The van der Waals surface area contributed by atoms with E-state index < -0.39 is 0 Å². The summed E-state index contributed by atoms with van der Waals surface area (Å²) in [6, 6.07) is 0. The fourth-order valence-corrected chi connectivity index (χ4v) is 1.81. The van der Waals surface area contributed by atoms with Crippen LogP contribution in [-0.2, 0) is 4.79 Å². The second-order valence-corrected chi connectivity index (χ2v) is 3.98. The minimum absolute atomic E-state index is 0.0366.